The third kappa shape index (κ3) is 4.89. The van der Waals surface area contributed by atoms with E-state index >= 15 is 0 Å². The van der Waals surface area contributed by atoms with Gasteiger partial charge in [0.2, 0.25) is 17.4 Å². The first kappa shape index (κ1) is 30.0. The topological polar surface area (TPSA) is 123 Å². The molecule has 2 amide bonds. The van der Waals surface area contributed by atoms with Crippen molar-refractivity contribution < 1.29 is 47.5 Å². The maximum Gasteiger partial charge on any atom is 0.255 e. The Morgan fingerprint density at radius 2 is 1.12 bits per heavy atom. The number of carbonyl (C=O) groups excluding carboxylic acids is 2. The molecule has 1 unspecified atom stereocenters. The van der Waals surface area contributed by atoms with E-state index < -0.39 is 11.4 Å². The molecule has 12 nitrogen and oxygen atoms in total. The van der Waals surface area contributed by atoms with Gasteiger partial charge in [-0.15, -0.1) is 0 Å². The average molecular weight is 583 g/mol. The highest BCUT2D eigenvalue weighted by Gasteiger charge is 2.59. The van der Waals surface area contributed by atoms with Crippen LogP contribution < -0.4 is 48.1 Å². The lowest BCUT2D eigenvalue weighted by molar-refractivity contribution is -0.137. The molecule has 0 saturated carbocycles. The predicted molar refractivity (Wildman–Crippen MR) is 154 cm³/mol. The van der Waals surface area contributed by atoms with Gasteiger partial charge in [-0.05, 0) is 17.7 Å². The summed E-state index contributed by atoms with van der Waals surface area (Å²) in [6, 6.07) is 11.5. The molecule has 0 aliphatic carbocycles. The van der Waals surface area contributed by atoms with Crippen LogP contribution in [-0.4, -0.2) is 68.7 Å². The van der Waals surface area contributed by atoms with Crippen molar-refractivity contribution in [2.45, 2.75) is 12.0 Å². The number of benzene rings is 3. The highest BCUT2D eigenvalue weighted by atomic mass is 16.5. The van der Waals surface area contributed by atoms with Crippen molar-refractivity contribution in [1.82, 2.24) is 0 Å². The van der Waals surface area contributed by atoms with E-state index in [0.29, 0.717) is 62.9 Å². The first-order chi connectivity index (χ1) is 20.3. The summed E-state index contributed by atoms with van der Waals surface area (Å²) in [5.74, 6) is 2.08. The van der Waals surface area contributed by atoms with Crippen molar-refractivity contribution in [3.8, 4) is 46.0 Å². The van der Waals surface area contributed by atoms with Crippen LogP contribution in [0.1, 0.15) is 12.0 Å². The number of methoxy groups -OCH3 is 8. The fourth-order valence-corrected chi connectivity index (χ4v) is 5.08. The summed E-state index contributed by atoms with van der Waals surface area (Å²) >= 11 is 0. The molecule has 1 aliphatic rings. The van der Waals surface area contributed by atoms with E-state index in [1.807, 2.05) is 0 Å². The molecule has 0 radical (unpaired) electrons. The van der Waals surface area contributed by atoms with Crippen molar-refractivity contribution in [3.05, 3.63) is 48.0 Å². The molecule has 42 heavy (non-hydrogen) atoms. The van der Waals surface area contributed by atoms with Gasteiger partial charge in [0.1, 0.15) is 0 Å². The molecule has 1 saturated heterocycles. The van der Waals surface area contributed by atoms with Gasteiger partial charge in [0.15, 0.2) is 40.0 Å². The van der Waals surface area contributed by atoms with Crippen molar-refractivity contribution in [1.29, 1.82) is 0 Å². The molecule has 0 spiro atoms. The summed E-state index contributed by atoms with van der Waals surface area (Å²) in [5, 5.41) is 2.94. The summed E-state index contributed by atoms with van der Waals surface area (Å²) < 4.78 is 43.8. The van der Waals surface area contributed by atoms with E-state index in [1.165, 1.54) is 61.8 Å². The maximum atomic E-state index is 14.4. The molecule has 224 valence electrons. The second-order valence-corrected chi connectivity index (χ2v) is 9.09. The Kier molecular flexibility index (Phi) is 8.74. The Balaban J connectivity index is 1.91. The number of ether oxygens (including phenoxy) is 8. The predicted octanol–water partition coefficient (Wildman–Crippen LogP) is 4.03. The summed E-state index contributed by atoms with van der Waals surface area (Å²) in [5.41, 5.74) is -0.311. The average Bonchev–Trinajstić information content (AvgIpc) is 3.01. The monoisotopic (exact) mass is 582 g/mol. The number of nitrogens with zero attached hydrogens (tertiary/aromatic N) is 1. The summed E-state index contributed by atoms with van der Waals surface area (Å²) in [7, 11) is 11.9. The van der Waals surface area contributed by atoms with Crippen LogP contribution in [0.15, 0.2) is 42.5 Å². The Labute approximate surface area is 243 Å². The lowest BCUT2D eigenvalue weighted by atomic mass is 9.75. The van der Waals surface area contributed by atoms with Gasteiger partial charge in [-0.2, -0.15) is 0 Å². The molecule has 1 atom stereocenters. The first-order valence-electron chi connectivity index (χ1n) is 12.7. The summed E-state index contributed by atoms with van der Waals surface area (Å²) in [6.07, 6.45) is -0.143. The Morgan fingerprint density at radius 1 is 0.643 bits per heavy atom. The number of β-lactam (4-membered cyclic amide) rings is 1. The van der Waals surface area contributed by atoms with E-state index in [1.54, 1.807) is 42.5 Å². The molecule has 1 N–H and O–H groups in total. The zero-order chi connectivity index (χ0) is 30.6. The standard InChI is InChI=1S/C30H34N2O10/c1-35-20-10-9-17(11-21(20)36-2)30(29(34)31-18-12-22(37-3)27(41-7)23(13-18)38-4)16-26(33)32(30)19-14-24(39-5)28(42-8)25(15-19)40-6/h9-15H,16H2,1-8H3,(H,31,34). The van der Waals surface area contributed by atoms with Gasteiger partial charge >= 0.3 is 0 Å². The first-order valence-corrected chi connectivity index (χ1v) is 12.7. The molecule has 1 heterocycles. The number of hydrogen-bond acceptors (Lipinski definition) is 10. The Hall–Kier alpha value is -5.00. The smallest absolute Gasteiger partial charge is 0.255 e. The number of nitrogens with one attached hydrogen (secondary N) is 1. The Morgan fingerprint density at radius 3 is 1.55 bits per heavy atom. The van der Waals surface area contributed by atoms with E-state index in [-0.39, 0.29) is 12.3 Å². The van der Waals surface area contributed by atoms with E-state index in [9.17, 15) is 9.59 Å². The van der Waals surface area contributed by atoms with Crippen molar-refractivity contribution in [2.24, 2.45) is 0 Å². The minimum absolute atomic E-state index is 0.143. The number of rotatable bonds is 12. The van der Waals surface area contributed by atoms with Gasteiger partial charge in [-0.1, -0.05) is 6.07 Å². The van der Waals surface area contributed by atoms with Gasteiger partial charge in [-0.25, -0.2) is 0 Å². The molecule has 1 aliphatic heterocycles. The van der Waals surface area contributed by atoms with Crippen LogP contribution in [-0.2, 0) is 15.1 Å². The minimum atomic E-state index is -1.51. The van der Waals surface area contributed by atoms with Crippen LogP contribution in [0.3, 0.4) is 0 Å². The lowest BCUT2D eigenvalue weighted by Gasteiger charge is -2.50. The van der Waals surface area contributed by atoms with Crippen LogP contribution in [0.4, 0.5) is 11.4 Å². The second-order valence-electron chi connectivity index (χ2n) is 9.09. The quantitative estimate of drug-likeness (QED) is 0.313. The van der Waals surface area contributed by atoms with Gasteiger partial charge in [0.05, 0.1) is 69.0 Å². The second kappa shape index (κ2) is 12.2. The van der Waals surface area contributed by atoms with Gasteiger partial charge in [0.25, 0.3) is 5.91 Å². The lowest BCUT2D eigenvalue weighted by Crippen LogP contribution is -2.67. The van der Waals surface area contributed by atoms with Gasteiger partial charge in [0, 0.05) is 30.0 Å². The molecule has 3 aromatic carbocycles. The van der Waals surface area contributed by atoms with E-state index in [4.69, 9.17) is 37.9 Å². The van der Waals surface area contributed by atoms with Crippen LogP contribution in [0, 0.1) is 0 Å². The van der Waals surface area contributed by atoms with Crippen LogP contribution >= 0.6 is 0 Å². The van der Waals surface area contributed by atoms with Crippen molar-refractivity contribution in [2.75, 3.05) is 67.1 Å². The van der Waals surface area contributed by atoms with Crippen molar-refractivity contribution in [3.63, 3.8) is 0 Å². The van der Waals surface area contributed by atoms with E-state index in [0.717, 1.165) is 0 Å². The third-order valence-electron chi connectivity index (χ3n) is 7.11. The molecule has 12 heteroatoms. The zero-order valence-electron chi connectivity index (χ0n) is 24.8. The number of anilines is 2. The van der Waals surface area contributed by atoms with E-state index in [2.05, 4.69) is 5.32 Å². The van der Waals surface area contributed by atoms with Gasteiger partial charge in [-0.3, -0.25) is 14.5 Å². The normalized spacial score (nSPS) is 15.7. The molecule has 0 aromatic heterocycles. The molecular weight excluding hydrogens is 548 g/mol. The fourth-order valence-electron chi connectivity index (χ4n) is 5.08. The number of hydrogen-bond donors (Lipinski definition) is 1. The summed E-state index contributed by atoms with van der Waals surface area (Å²) in [4.78, 5) is 29.2. The zero-order valence-corrected chi connectivity index (χ0v) is 24.8. The molecular formula is C30H34N2O10. The molecule has 0 bridgehead atoms. The molecule has 3 aromatic rings. The van der Waals surface area contributed by atoms with Crippen molar-refractivity contribution >= 4 is 23.2 Å². The Bertz CT molecular complexity index is 1440. The number of carbonyl (C=O) groups is 2. The van der Waals surface area contributed by atoms with Crippen LogP contribution in [0.2, 0.25) is 0 Å². The molecule has 4 rings (SSSR count). The maximum absolute atomic E-state index is 14.4. The van der Waals surface area contributed by atoms with Gasteiger partial charge < -0.3 is 43.2 Å². The minimum Gasteiger partial charge on any atom is -0.493 e. The SMILES string of the molecule is COc1ccc(C2(C(=O)Nc3cc(OC)c(OC)c(OC)c3)CC(=O)N2c2cc(OC)c(OC)c(OC)c2)cc1OC. The molecule has 1 fully saturated rings. The fraction of sp³-hybridized carbons (Fsp3) is 0.333. The highest BCUT2D eigenvalue weighted by Crippen LogP contribution is 2.51. The van der Waals surface area contributed by atoms with Crippen LogP contribution in [0.5, 0.6) is 46.0 Å². The van der Waals surface area contributed by atoms with Crippen LogP contribution in [0.25, 0.3) is 0 Å². The third-order valence-corrected chi connectivity index (χ3v) is 7.11. The largest absolute Gasteiger partial charge is 0.493 e. The highest BCUT2D eigenvalue weighted by molar-refractivity contribution is 6.17. The number of amides is 2. The summed E-state index contributed by atoms with van der Waals surface area (Å²) in [6.45, 7) is 0.